The molecular formula is C26H41N3O4S. The Morgan fingerprint density at radius 1 is 1.18 bits per heavy atom. The molecule has 34 heavy (non-hydrogen) atoms. The predicted molar refractivity (Wildman–Crippen MR) is 131 cm³/mol. The molecule has 0 spiro atoms. The molecule has 4 saturated carbocycles. The average Bonchev–Trinajstić information content (AvgIpc) is 3.42. The summed E-state index contributed by atoms with van der Waals surface area (Å²) in [6, 6.07) is 0. The van der Waals surface area contributed by atoms with Gasteiger partial charge in [-0.05, 0) is 97.7 Å². The van der Waals surface area contributed by atoms with Gasteiger partial charge in [0.2, 0.25) is 11.0 Å². The molecule has 1 amide bonds. The summed E-state index contributed by atoms with van der Waals surface area (Å²) >= 11 is 1.32. The number of hydrogen-bond donors (Lipinski definition) is 4. The molecule has 0 bridgehead atoms. The number of aliphatic hydroxyl groups excluding tert-OH is 3. The number of fused-ring (bicyclic) bond motifs is 5. The molecule has 5 rings (SSSR count). The number of rotatable bonds is 5. The van der Waals surface area contributed by atoms with Crippen LogP contribution in [0.1, 0.15) is 78.6 Å². The maximum absolute atomic E-state index is 12.4. The van der Waals surface area contributed by atoms with Crippen molar-refractivity contribution >= 4 is 22.4 Å². The first kappa shape index (κ1) is 24.6. The van der Waals surface area contributed by atoms with E-state index < -0.39 is 6.10 Å². The topological polar surface area (TPSA) is 116 Å². The van der Waals surface area contributed by atoms with E-state index in [4.69, 9.17) is 0 Å². The Morgan fingerprint density at radius 2 is 1.97 bits per heavy atom. The fourth-order valence-electron chi connectivity index (χ4n) is 9.10. The number of nitrogens with one attached hydrogen (secondary N) is 1. The third-order valence-electron chi connectivity index (χ3n) is 11.0. The number of carbonyl (C=O) groups is 1. The van der Waals surface area contributed by atoms with E-state index in [0.29, 0.717) is 41.1 Å². The van der Waals surface area contributed by atoms with E-state index in [9.17, 15) is 20.1 Å². The number of aromatic nitrogens is 2. The first-order valence-electron chi connectivity index (χ1n) is 13.2. The number of nitrogens with zero attached hydrogens (tertiary/aromatic N) is 2. The van der Waals surface area contributed by atoms with Gasteiger partial charge in [0.15, 0.2) is 0 Å². The molecular weight excluding hydrogens is 450 g/mol. The van der Waals surface area contributed by atoms with Gasteiger partial charge in [0.05, 0.1) is 18.3 Å². The molecule has 7 nitrogen and oxygen atoms in total. The van der Waals surface area contributed by atoms with E-state index in [1.54, 1.807) is 5.51 Å². The van der Waals surface area contributed by atoms with Gasteiger partial charge in [-0.1, -0.05) is 32.1 Å². The Labute approximate surface area is 206 Å². The zero-order chi connectivity index (χ0) is 24.3. The molecule has 190 valence electrons. The molecule has 0 saturated heterocycles. The van der Waals surface area contributed by atoms with Crippen molar-refractivity contribution in [1.29, 1.82) is 0 Å². The Morgan fingerprint density at radius 3 is 2.71 bits per heavy atom. The maximum atomic E-state index is 12.4. The van der Waals surface area contributed by atoms with Crippen LogP contribution >= 0.6 is 11.3 Å². The van der Waals surface area contributed by atoms with Crippen LogP contribution in [0.15, 0.2) is 5.51 Å². The first-order chi connectivity index (χ1) is 16.1. The number of hydrogen-bond acceptors (Lipinski definition) is 7. The highest BCUT2D eigenvalue weighted by Crippen LogP contribution is 2.68. The van der Waals surface area contributed by atoms with Crippen molar-refractivity contribution in [3.63, 3.8) is 0 Å². The van der Waals surface area contributed by atoms with Crippen LogP contribution in [0.5, 0.6) is 0 Å². The minimum Gasteiger partial charge on any atom is -0.393 e. The molecule has 11 atom stereocenters. The van der Waals surface area contributed by atoms with Gasteiger partial charge in [-0.2, -0.15) is 0 Å². The normalized spacial score (nSPS) is 46.8. The summed E-state index contributed by atoms with van der Waals surface area (Å²) < 4.78 is 0. The van der Waals surface area contributed by atoms with Crippen LogP contribution in [0.25, 0.3) is 0 Å². The highest BCUT2D eigenvalue weighted by atomic mass is 32.1. The lowest BCUT2D eigenvalue weighted by Gasteiger charge is -2.63. The Balaban J connectivity index is 1.30. The second-order valence-electron chi connectivity index (χ2n) is 12.3. The van der Waals surface area contributed by atoms with Gasteiger partial charge >= 0.3 is 0 Å². The number of carbonyl (C=O) groups excluding carboxylic acids is 1. The fraction of sp³-hybridized carbons (Fsp3) is 0.885. The van der Waals surface area contributed by atoms with E-state index in [1.807, 2.05) is 0 Å². The van der Waals surface area contributed by atoms with Gasteiger partial charge in [0.25, 0.3) is 0 Å². The molecule has 4 aliphatic rings. The van der Waals surface area contributed by atoms with Crippen molar-refractivity contribution < 1.29 is 20.1 Å². The molecule has 0 radical (unpaired) electrons. The van der Waals surface area contributed by atoms with E-state index in [2.05, 4.69) is 36.3 Å². The predicted octanol–water partition coefficient (Wildman–Crippen LogP) is 3.85. The molecule has 1 aromatic heterocycles. The van der Waals surface area contributed by atoms with E-state index in [0.717, 1.165) is 51.4 Å². The van der Waals surface area contributed by atoms with Crippen LogP contribution in [0.2, 0.25) is 0 Å². The Hall–Kier alpha value is -1.09. The first-order valence-corrected chi connectivity index (χ1v) is 14.1. The van der Waals surface area contributed by atoms with Gasteiger partial charge in [-0.25, -0.2) is 0 Å². The lowest BCUT2D eigenvalue weighted by molar-refractivity contribution is -0.207. The minimum absolute atomic E-state index is 0.0336. The monoisotopic (exact) mass is 491 g/mol. The van der Waals surface area contributed by atoms with E-state index in [1.165, 1.54) is 11.3 Å². The third-order valence-corrected chi connectivity index (χ3v) is 11.6. The minimum atomic E-state index is -0.390. The molecule has 4 N–H and O–H groups in total. The largest absolute Gasteiger partial charge is 0.393 e. The van der Waals surface area contributed by atoms with Crippen molar-refractivity contribution in [2.24, 2.45) is 46.3 Å². The van der Waals surface area contributed by atoms with Crippen molar-refractivity contribution in [1.82, 2.24) is 10.2 Å². The summed E-state index contributed by atoms with van der Waals surface area (Å²) in [7, 11) is 0. The summed E-state index contributed by atoms with van der Waals surface area (Å²) in [6.07, 6.45) is 6.46. The smallest absolute Gasteiger partial charge is 0.226 e. The van der Waals surface area contributed by atoms with Gasteiger partial charge in [-0.3, -0.25) is 4.79 Å². The molecule has 8 heteroatoms. The van der Waals surface area contributed by atoms with Gasteiger partial charge < -0.3 is 20.6 Å². The van der Waals surface area contributed by atoms with E-state index >= 15 is 0 Å². The summed E-state index contributed by atoms with van der Waals surface area (Å²) in [5.74, 6) is 1.81. The standard InChI is InChI=1S/C26H41N3O4S/c1-14(4-7-22(33)28-24-29-27-13-34-24)17-5-6-18-23-19(12-21(32)26(17,18)3)25(2)9-8-16(30)10-15(25)11-20(23)31/h13-21,23,30-32H,4-12H2,1-3H3,(H,28,29,33)/t14-,15-,16-,17+,18-,19-,20-,21+,23+,25+,26-/m1/s1. The van der Waals surface area contributed by atoms with Gasteiger partial charge in [-0.15, -0.1) is 10.2 Å². The van der Waals surface area contributed by atoms with Crippen molar-refractivity contribution in [2.45, 2.75) is 96.9 Å². The summed E-state index contributed by atoms with van der Waals surface area (Å²) in [4.78, 5) is 12.4. The second kappa shape index (κ2) is 9.09. The lowest BCUT2D eigenvalue weighted by Crippen LogP contribution is -2.62. The zero-order valence-electron chi connectivity index (χ0n) is 20.7. The molecule has 0 aromatic carbocycles. The molecule has 4 fully saturated rings. The average molecular weight is 492 g/mol. The van der Waals surface area contributed by atoms with Gasteiger partial charge in [0.1, 0.15) is 5.51 Å². The lowest BCUT2D eigenvalue weighted by atomic mass is 9.43. The SMILES string of the molecule is C[C@H](CCC(=O)Nc1nncs1)[C@@H]1CC[C@@H]2[C@@H]3[C@H](O)C[C@H]4C[C@H](O)CC[C@]4(C)[C@@H]3C[C@H](O)[C@@]21C. The van der Waals surface area contributed by atoms with Crippen molar-refractivity contribution in [3.8, 4) is 0 Å². The summed E-state index contributed by atoms with van der Waals surface area (Å²) in [5, 5.41) is 44.3. The number of aliphatic hydroxyl groups is 3. The summed E-state index contributed by atoms with van der Waals surface area (Å²) in [6.45, 7) is 6.86. The molecule has 0 unspecified atom stereocenters. The van der Waals surface area contributed by atoms with Crippen LogP contribution in [0.4, 0.5) is 5.13 Å². The highest BCUT2D eigenvalue weighted by molar-refractivity contribution is 7.13. The quantitative estimate of drug-likeness (QED) is 0.497. The van der Waals surface area contributed by atoms with Crippen LogP contribution in [0, 0.1) is 46.3 Å². The number of amides is 1. The molecule has 1 aromatic rings. The van der Waals surface area contributed by atoms with Crippen molar-refractivity contribution in [2.75, 3.05) is 5.32 Å². The van der Waals surface area contributed by atoms with Crippen LogP contribution in [0.3, 0.4) is 0 Å². The van der Waals surface area contributed by atoms with Crippen molar-refractivity contribution in [3.05, 3.63) is 5.51 Å². The molecule has 0 aliphatic heterocycles. The second-order valence-corrected chi connectivity index (χ2v) is 13.2. The zero-order valence-corrected chi connectivity index (χ0v) is 21.5. The van der Waals surface area contributed by atoms with E-state index in [-0.39, 0.29) is 34.9 Å². The van der Waals surface area contributed by atoms with Crippen LogP contribution < -0.4 is 5.32 Å². The highest BCUT2D eigenvalue weighted by Gasteiger charge is 2.65. The Bertz CT molecular complexity index is 883. The van der Waals surface area contributed by atoms with Crippen LogP contribution in [-0.4, -0.2) is 49.7 Å². The molecule has 1 heterocycles. The fourth-order valence-corrected chi connectivity index (χ4v) is 9.56. The maximum Gasteiger partial charge on any atom is 0.226 e. The van der Waals surface area contributed by atoms with Crippen LogP contribution in [-0.2, 0) is 4.79 Å². The Kier molecular flexibility index (Phi) is 6.58. The molecule has 4 aliphatic carbocycles. The number of anilines is 1. The van der Waals surface area contributed by atoms with Gasteiger partial charge in [0, 0.05) is 6.42 Å². The summed E-state index contributed by atoms with van der Waals surface area (Å²) in [5.41, 5.74) is 1.47. The third kappa shape index (κ3) is 3.93.